The lowest BCUT2D eigenvalue weighted by atomic mass is 10.1. The SMILES string of the molecule is CCOC(=O)c1cccc(NC(=O)c2ccc(NS(C)(=O)=O)c(C)c2)c1C. The Hall–Kier alpha value is -2.87. The second kappa shape index (κ2) is 8.22. The molecule has 0 saturated heterocycles. The highest BCUT2D eigenvalue weighted by Crippen LogP contribution is 2.22. The second-order valence-electron chi connectivity index (χ2n) is 6.06. The molecule has 0 aliphatic heterocycles. The summed E-state index contributed by atoms with van der Waals surface area (Å²) >= 11 is 0. The van der Waals surface area contributed by atoms with Gasteiger partial charge in [-0.15, -0.1) is 0 Å². The average molecular weight is 390 g/mol. The van der Waals surface area contributed by atoms with Gasteiger partial charge in [-0.3, -0.25) is 9.52 Å². The third-order valence-corrected chi connectivity index (χ3v) is 4.45. The van der Waals surface area contributed by atoms with E-state index in [1.165, 1.54) is 12.1 Å². The summed E-state index contributed by atoms with van der Waals surface area (Å²) in [5, 5.41) is 2.77. The number of nitrogens with one attached hydrogen (secondary N) is 2. The van der Waals surface area contributed by atoms with E-state index in [1.54, 1.807) is 45.0 Å². The third-order valence-electron chi connectivity index (χ3n) is 3.86. The van der Waals surface area contributed by atoms with Crippen molar-refractivity contribution < 1.29 is 22.7 Å². The molecule has 0 fully saturated rings. The van der Waals surface area contributed by atoms with Crippen LogP contribution in [0.5, 0.6) is 0 Å². The molecule has 2 aromatic carbocycles. The number of esters is 1. The molecule has 2 aromatic rings. The van der Waals surface area contributed by atoms with E-state index < -0.39 is 16.0 Å². The van der Waals surface area contributed by atoms with E-state index in [-0.39, 0.29) is 12.5 Å². The number of ether oxygens (including phenoxy) is 1. The minimum absolute atomic E-state index is 0.266. The normalized spacial score (nSPS) is 11.0. The summed E-state index contributed by atoms with van der Waals surface area (Å²) in [5.41, 5.74) is 2.89. The Morgan fingerprint density at radius 2 is 1.78 bits per heavy atom. The lowest BCUT2D eigenvalue weighted by Crippen LogP contribution is -2.16. The van der Waals surface area contributed by atoms with E-state index in [2.05, 4.69) is 10.0 Å². The predicted molar refractivity (Wildman–Crippen MR) is 105 cm³/mol. The fourth-order valence-electron chi connectivity index (χ4n) is 2.51. The molecule has 0 spiro atoms. The topological polar surface area (TPSA) is 102 Å². The molecule has 7 nitrogen and oxygen atoms in total. The highest BCUT2D eigenvalue weighted by atomic mass is 32.2. The van der Waals surface area contributed by atoms with Gasteiger partial charge in [-0.25, -0.2) is 13.2 Å². The predicted octanol–water partition coefficient (Wildman–Crippen LogP) is 3.10. The Kier molecular flexibility index (Phi) is 6.22. The third kappa shape index (κ3) is 5.30. The van der Waals surface area contributed by atoms with Crippen molar-refractivity contribution in [2.75, 3.05) is 22.9 Å². The van der Waals surface area contributed by atoms with Crippen molar-refractivity contribution >= 4 is 33.3 Å². The van der Waals surface area contributed by atoms with Crippen LogP contribution in [0.2, 0.25) is 0 Å². The van der Waals surface area contributed by atoms with Crippen molar-refractivity contribution in [2.24, 2.45) is 0 Å². The first kappa shape index (κ1) is 20.4. The summed E-state index contributed by atoms with van der Waals surface area (Å²) < 4.78 is 30.1. The molecule has 0 aliphatic rings. The smallest absolute Gasteiger partial charge is 0.338 e. The van der Waals surface area contributed by atoms with E-state index in [0.29, 0.717) is 33.6 Å². The van der Waals surface area contributed by atoms with Gasteiger partial charge < -0.3 is 10.1 Å². The number of benzene rings is 2. The number of amides is 1. The van der Waals surface area contributed by atoms with Crippen LogP contribution < -0.4 is 10.0 Å². The molecule has 0 aliphatic carbocycles. The van der Waals surface area contributed by atoms with Gasteiger partial charge in [-0.1, -0.05) is 6.07 Å². The zero-order valence-corrected chi connectivity index (χ0v) is 16.4. The zero-order chi connectivity index (χ0) is 20.2. The van der Waals surface area contributed by atoms with Crippen molar-refractivity contribution in [3.63, 3.8) is 0 Å². The van der Waals surface area contributed by atoms with Crippen LogP contribution >= 0.6 is 0 Å². The molecule has 0 aromatic heterocycles. The van der Waals surface area contributed by atoms with Gasteiger partial charge >= 0.3 is 5.97 Å². The average Bonchev–Trinajstić information content (AvgIpc) is 2.57. The van der Waals surface area contributed by atoms with Gasteiger partial charge in [0.15, 0.2) is 0 Å². The number of hydrogen-bond acceptors (Lipinski definition) is 5. The van der Waals surface area contributed by atoms with Gasteiger partial charge in [0.25, 0.3) is 5.91 Å². The second-order valence-corrected chi connectivity index (χ2v) is 7.81. The molecule has 0 heterocycles. The van der Waals surface area contributed by atoms with E-state index >= 15 is 0 Å². The molecule has 27 heavy (non-hydrogen) atoms. The van der Waals surface area contributed by atoms with Gasteiger partial charge in [0.2, 0.25) is 10.0 Å². The summed E-state index contributed by atoms with van der Waals surface area (Å²) in [6.45, 7) is 5.43. The number of rotatable bonds is 6. The Labute approximate surface area is 158 Å². The van der Waals surface area contributed by atoms with E-state index in [1.807, 2.05) is 0 Å². The lowest BCUT2D eigenvalue weighted by Gasteiger charge is -2.13. The molecule has 0 saturated carbocycles. The van der Waals surface area contributed by atoms with Crippen LogP contribution in [0.4, 0.5) is 11.4 Å². The van der Waals surface area contributed by atoms with E-state index in [9.17, 15) is 18.0 Å². The van der Waals surface area contributed by atoms with Crippen LogP contribution in [0, 0.1) is 13.8 Å². The number of carbonyl (C=O) groups excluding carboxylic acids is 2. The number of carbonyl (C=O) groups is 2. The van der Waals surface area contributed by atoms with Crippen LogP contribution in [0.25, 0.3) is 0 Å². The van der Waals surface area contributed by atoms with Gasteiger partial charge in [0.05, 0.1) is 24.1 Å². The quantitative estimate of drug-likeness (QED) is 0.738. The van der Waals surface area contributed by atoms with Crippen LogP contribution in [0.1, 0.15) is 38.8 Å². The Morgan fingerprint density at radius 3 is 2.37 bits per heavy atom. The van der Waals surface area contributed by atoms with Gasteiger partial charge in [0.1, 0.15) is 0 Å². The molecular formula is C19H22N2O5S. The van der Waals surface area contributed by atoms with Gasteiger partial charge in [0, 0.05) is 11.3 Å². The summed E-state index contributed by atoms with van der Waals surface area (Å²) in [6.07, 6.45) is 1.06. The van der Waals surface area contributed by atoms with Crippen LogP contribution in [0.15, 0.2) is 36.4 Å². The zero-order valence-electron chi connectivity index (χ0n) is 15.6. The molecule has 1 amide bonds. The Balaban J connectivity index is 2.24. The first-order chi connectivity index (χ1) is 12.6. The van der Waals surface area contributed by atoms with Crippen molar-refractivity contribution in [1.29, 1.82) is 0 Å². The standard InChI is InChI=1S/C19H22N2O5S/c1-5-26-19(23)15-7-6-8-17(13(15)3)20-18(22)14-9-10-16(12(2)11-14)21-27(4,24)25/h6-11,21H,5H2,1-4H3,(H,20,22). The summed E-state index contributed by atoms with van der Waals surface area (Å²) in [5.74, 6) is -0.814. The molecule has 2 rings (SSSR count). The van der Waals surface area contributed by atoms with Crippen LogP contribution in [-0.4, -0.2) is 33.2 Å². The minimum atomic E-state index is -3.40. The highest BCUT2D eigenvalue weighted by Gasteiger charge is 2.15. The summed E-state index contributed by atoms with van der Waals surface area (Å²) in [4.78, 5) is 24.5. The van der Waals surface area contributed by atoms with Crippen molar-refractivity contribution in [3.8, 4) is 0 Å². The summed E-state index contributed by atoms with van der Waals surface area (Å²) in [7, 11) is -3.40. The first-order valence-electron chi connectivity index (χ1n) is 8.29. The Morgan fingerprint density at radius 1 is 1.07 bits per heavy atom. The fourth-order valence-corrected chi connectivity index (χ4v) is 3.14. The molecule has 2 N–H and O–H groups in total. The molecule has 144 valence electrons. The maximum Gasteiger partial charge on any atom is 0.338 e. The Bertz CT molecular complexity index is 984. The number of anilines is 2. The lowest BCUT2D eigenvalue weighted by molar-refractivity contribution is 0.0525. The fraction of sp³-hybridized carbons (Fsp3) is 0.263. The number of sulfonamides is 1. The van der Waals surface area contributed by atoms with Crippen LogP contribution in [-0.2, 0) is 14.8 Å². The number of hydrogen-bond donors (Lipinski definition) is 2. The van der Waals surface area contributed by atoms with E-state index in [0.717, 1.165) is 6.26 Å². The molecule has 8 heteroatoms. The molecule has 0 bridgehead atoms. The van der Waals surface area contributed by atoms with Crippen molar-refractivity contribution in [1.82, 2.24) is 0 Å². The maximum absolute atomic E-state index is 12.6. The molecule has 0 radical (unpaired) electrons. The van der Waals surface area contributed by atoms with Crippen LogP contribution in [0.3, 0.4) is 0 Å². The maximum atomic E-state index is 12.6. The molecule has 0 unspecified atom stereocenters. The van der Waals surface area contributed by atoms with Crippen molar-refractivity contribution in [2.45, 2.75) is 20.8 Å². The van der Waals surface area contributed by atoms with Crippen molar-refractivity contribution in [3.05, 3.63) is 58.7 Å². The monoisotopic (exact) mass is 390 g/mol. The van der Waals surface area contributed by atoms with Gasteiger partial charge in [-0.2, -0.15) is 0 Å². The molecular weight excluding hydrogens is 368 g/mol. The van der Waals surface area contributed by atoms with E-state index in [4.69, 9.17) is 4.74 Å². The minimum Gasteiger partial charge on any atom is -0.462 e. The molecule has 0 atom stereocenters. The largest absolute Gasteiger partial charge is 0.462 e. The summed E-state index contributed by atoms with van der Waals surface area (Å²) in [6, 6.07) is 9.65. The first-order valence-corrected chi connectivity index (χ1v) is 10.2. The van der Waals surface area contributed by atoms with Gasteiger partial charge in [-0.05, 0) is 62.2 Å². The highest BCUT2D eigenvalue weighted by molar-refractivity contribution is 7.92. The number of aryl methyl sites for hydroxylation is 1.